The number of hydrogen-bond donors (Lipinski definition) is 1. The molecule has 0 bridgehead atoms. The van der Waals surface area contributed by atoms with Crippen LogP contribution < -0.4 is 5.32 Å². The summed E-state index contributed by atoms with van der Waals surface area (Å²) in [6, 6.07) is -0.190. The second-order valence-electron chi connectivity index (χ2n) is 4.46. The minimum absolute atomic E-state index is 0.0238. The Morgan fingerprint density at radius 3 is 3.18 bits per heavy atom. The van der Waals surface area contributed by atoms with E-state index in [0.29, 0.717) is 6.54 Å². The van der Waals surface area contributed by atoms with E-state index in [4.69, 9.17) is 0 Å². The van der Waals surface area contributed by atoms with E-state index in [1.54, 1.807) is 12.4 Å². The Bertz CT molecular complexity index is 422. The molecule has 0 fully saturated rings. The van der Waals surface area contributed by atoms with Crippen LogP contribution in [-0.4, -0.2) is 22.0 Å². The van der Waals surface area contributed by atoms with Crippen LogP contribution in [-0.2, 0) is 17.6 Å². The van der Waals surface area contributed by atoms with Gasteiger partial charge in [-0.1, -0.05) is 6.08 Å². The summed E-state index contributed by atoms with van der Waals surface area (Å²) in [7, 11) is 0. The van der Waals surface area contributed by atoms with Crippen molar-refractivity contribution in [3.63, 3.8) is 0 Å². The molecule has 0 spiro atoms. The molecule has 1 amide bonds. The van der Waals surface area contributed by atoms with E-state index >= 15 is 0 Å². The highest BCUT2D eigenvalue weighted by Crippen LogP contribution is 2.22. The van der Waals surface area contributed by atoms with Crippen molar-refractivity contribution in [3.8, 4) is 0 Å². The fourth-order valence-corrected chi connectivity index (χ4v) is 2.27. The predicted octanol–water partition coefficient (Wildman–Crippen LogP) is 1.63. The molecule has 0 aliphatic heterocycles. The molecule has 1 aliphatic carbocycles. The molecule has 0 saturated carbocycles. The lowest BCUT2D eigenvalue weighted by Crippen LogP contribution is -2.31. The lowest BCUT2D eigenvalue weighted by Gasteiger charge is -2.18. The molecule has 0 saturated heterocycles. The molecule has 1 aliphatic rings. The van der Waals surface area contributed by atoms with Gasteiger partial charge in [0.15, 0.2) is 0 Å². The summed E-state index contributed by atoms with van der Waals surface area (Å²) in [5, 5.41) is 2.82. The fourth-order valence-electron chi connectivity index (χ4n) is 2.27. The van der Waals surface area contributed by atoms with Crippen LogP contribution in [0.4, 0.5) is 0 Å². The Morgan fingerprint density at radius 1 is 1.65 bits per heavy atom. The topological polar surface area (TPSA) is 46.9 Å². The molecule has 1 N–H and O–H groups in total. The Kier molecular flexibility index (Phi) is 3.61. The summed E-state index contributed by atoms with van der Waals surface area (Å²) in [4.78, 5) is 16.3. The molecule has 1 atom stereocenters. The number of rotatable bonds is 4. The van der Waals surface area contributed by atoms with E-state index in [9.17, 15) is 4.79 Å². The molecule has 0 radical (unpaired) electrons. The smallest absolute Gasteiger partial charge is 0.243 e. The average molecular weight is 233 g/mol. The molecule has 1 aromatic heterocycles. The van der Waals surface area contributed by atoms with Crippen LogP contribution in [0, 0.1) is 0 Å². The number of carbonyl (C=O) groups excluding carboxylic acids is 1. The second kappa shape index (κ2) is 5.17. The van der Waals surface area contributed by atoms with Gasteiger partial charge >= 0.3 is 0 Å². The molecule has 92 valence electrons. The number of amides is 1. The van der Waals surface area contributed by atoms with Crippen LogP contribution >= 0.6 is 0 Å². The summed E-state index contributed by atoms with van der Waals surface area (Å²) in [5.41, 5.74) is 2.40. The number of nitrogens with zero attached hydrogens (tertiary/aromatic N) is 2. The van der Waals surface area contributed by atoms with Crippen molar-refractivity contribution in [1.82, 2.24) is 14.9 Å². The van der Waals surface area contributed by atoms with Crippen LogP contribution in [0.15, 0.2) is 19.0 Å². The third-order valence-electron chi connectivity index (χ3n) is 3.28. The van der Waals surface area contributed by atoms with Crippen molar-refractivity contribution < 1.29 is 4.79 Å². The quantitative estimate of drug-likeness (QED) is 0.803. The molecule has 17 heavy (non-hydrogen) atoms. The summed E-state index contributed by atoms with van der Waals surface area (Å²) in [5.74, 6) is 0.0238. The van der Waals surface area contributed by atoms with Gasteiger partial charge in [-0.3, -0.25) is 4.79 Å². The van der Waals surface area contributed by atoms with Gasteiger partial charge in [-0.25, -0.2) is 4.98 Å². The van der Waals surface area contributed by atoms with E-state index in [1.807, 2.05) is 11.5 Å². The Hall–Kier alpha value is -1.58. The molecule has 1 aromatic rings. The maximum Gasteiger partial charge on any atom is 0.243 e. The van der Waals surface area contributed by atoms with Gasteiger partial charge in [0.25, 0.3) is 0 Å². The van der Waals surface area contributed by atoms with Gasteiger partial charge in [-0.15, -0.1) is 6.58 Å². The zero-order valence-electron chi connectivity index (χ0n) is 10.3. The van der Waals surface area contributed by atoms with E-state index in [2.05, 4.69) is 16.9 Å². The van der Waals surface area contributed by atoms with Crippen LogP contribution in [0.25, 0.3) is 0 Å². The minimum Gasteiger partial charge on any atom is -0.351 e. The molecule has 2 rings (SSSR count). The highest BCUT2D eigenvalue weighted by Gasteiger charge is 2.21. The molecule has 1 heterocycles. The van der Waals surface area contributed by atoms with E-state index < -0.39 is 0 Å². The van der Waals surface area contributed by atoms with Crippen LogP contribution in [0.3, 0.4) is 0 Å². The molecule has 1 unspecified atom stereocenters. The average Bonchev–Trinajstić information content (AvgIpc) is 2.78. The van der Waals surface area contributed by atoms with Crippen LogP contribution in [0.1, 0.15) is 37.2 Å². The predicted molar refractivity (Wildman–Crippen MR) is 66.8 cm³/mol. The van der Waals surface area contributed by atoms with E-state index in [-0.39, 0.29) is 11.9 Å². The maximum atomic E-state index is 11.9. The molecule has 4 heteroatoms. The van der Waals surface area contributed by atoms with Gasteiger partial charge < -0.3 is 9.88 Å². The number of aromatic nitrogens is 2. The molecule has 4 nitrogen and oxygen atoms in total. The molecular weight excluding hydrogens is 214 g/mol. The number of carbonyl (C=O) groups is 1. The van der Waals surface area contributed by atoms with Crippen molar-refractivity contribution in [2.45, 2.75) is 38.6 Å². The van der Waals surface area contributed by atoms with Gasteiger partial charge in [0.2, 0.25) is 5.91 Å². The SMILES string of the molecule is C=CCNC(=O)C(C)n1cnc2c1CCCC2. The van der Waals surface area contributed by atoms with E-state index in [0.717, 1.165) is 12.8 Å². The number of nitrogens with one attached hydrogen (secondary N) is 1. The Balaban J connectivity index is 2.13. The summed E-state index contributed by atoms with van der Waals surface area (Å²) >= 11 is 0. The third-order valence-corrected chi connectivity index (χ3v) is 3.28. The first-order valence-corrected chi connectivity index (χ1v) is 6.17. The van der Waals surface area contributed by atoms with Gasteiger partial charge in [0, 0.05) is 12.2 Å². The van der Waals surface area contributed by atoms with Gasteiger partial charge in [-0.2, -0.15) is 0 Å². The van der Waals surface area contributed by atoms with Gasteiger partial charge in [-0.05, 0) is 32.6 Å². The highest BCUT2D eigenvalue weighted by molar-refractivity contribution is 5.80. The molecular formula is C13H19N3O. The molecule has 0 aromatic carbocycles. The largest absolute Gasteiger partial charge is 0.351 e. The van der Waals surface area contributed by atoms with Crippen molar-refractivity contribution in [2.24, 2.45) is 0 Å². The van der Waals surface area contributed by atoms with Gasteiger partial charge in [0.05, 0.1) is 12.0 Å². The number of fused-ring (bicyclic) bond motifs is 1. The van der Waals surface area contributed by atoms with E-state index in [1.165, 1.54) is 24.2 Å². The van der Waals surface area contributed by atoms with Crippen LogP contribution in [0.5, 0.6) is 0 Å². The lowest BCUT2D eigenvalue weighted by molar-refractivity contribution is -0.123. The number of aryl methyl sites for hydroxylation is 1. The lowest BCUT2D eigenvalue weighted by atomic mass is 10.0. The first kappa shape index (κ1) is 11.9. The van der Waals surface area contributed by atoms with Gasteiger partial charge in [0.1, 0.15) is 6.04 Å². The fraction of sp³-hybridized carbons (Fsp3) is 0.538. The zero-order valence-corrected chi connectivity index (χ0v) is 10.3. The standard InChI is InChI=1S/C13H19N3O/c1-3-8-14-13(17)10(2)16-9-15-11-6-4-5-7-12(11)16/h3,9-10H,1,4-8H2,2H3,(H,14,17). The van der Waals surface area contributed by atoms with Crippen molar-refractivity contribution in [3.05, 3.63) is 30.4 Å². The Labute approximate surface area is 102 Å². The second-order valence-corrected chi connectivity index (χ2v) is 4.46. The Morgan fingerprint density at radius 2 is 2.41 bits per heavy atom. The first-order chi connectivity index (χ1) is 8.24. The summed E-state index contributed by atoms with van der Waals surface area (Å²) in [6.07, 6.45) is 7.97. The first-order valence-electron chi connectivity index (χ1n) is 6.17. The van der Waals surface area contributed by atoms with Crippen LogP contribution in [0.2, 0.25) is 0 Å². The highest BCUT2D eigenvalue weighted by atomic mass is 16.2. The minimum atomic E-state index is -0.190. The summed E-state index contributed by atoms with van der Waals surface area (Å²) < 4.78 is 2.01. The maximum absolute atomic E-state index is 11.9. The summed E-state index contributed by atoms with van der Waals surface area (Å²) in [6.45, 7) is 6.02. The monoisotopic (exact) mass is 233 g/mol. The normalized spacial score (nSPS) is 16.1. The number of hydrogen-bond acceptors (Lipinski definition) is 2. The van der Waals surface area contributed by atoms with Crippen molar-refractivity contribution >= 4 is 5.91 Å². The third kappa shape index (κ3) is 2.40. The number of imidazole rings is 1. The van der Waals surface area contributed by atoms with Crippen molar-refractivity contribution in [1.29, 1.82) is 0 Å². The van der Waals surface area contributed by atoms with Crippen molar-refractivity contribution in [2.75, 3.05) is 6.54 Å². The zero-order chi connectivity index (χ0) is 12.3.